The molecule has 0 unspecified atom stereocenters. The van der Waals surface area contributed by atoms with Crippen LogP contribution in [0.4, 0.5) is 0 Å². The quantitative estimate of drug-likeness (QED) is 0.650. The molecule has 0 aromatic heterocycles. The highest BCUT2D eigenvalue weighted by molar-refractivity contribution is 6.21. The molecule has 0 radical (unpaired) electrons. The van der Waals surface area contributed by atoms with Crippen molar-refractivity contribution in [3.05, 3.63) is 58.2 Å². The highest BCUT2D eigenvalue weighted by atomic mass is 16.5. The third-order valence-electron chi connectivity index (χ3n) is 6.58. The van der Waals surface area contributed by atoms with Crippen molar-refractivity contribution in [2.24, 2.45) is 5.41 Å². The van der Waals surface area contributed by atoms with Crippen LogP contribution in [0.2, 0.25) is 0 Å². The second-order valence-electron chi connectivity index (χ2n) is 9.13. The summed E-state index contributed by atoms with van der Waals surface area (Å²) in [7, 11) is 1.73. The molecule has 0 atom stereocenters. The van der Waals surface area contributed by atoms with Crippen LogP contribution in [0.3, 0.4) is 0 Å². The monoisotopic (exact) mass is 408 g/mol. The third kappa shape index (κ3) is 3.24. The molecule has 3 amide bonds. The zero-order valence-electron chi connectivity index (χ0n) is 18.1. The van der Waals surface area contributed by atoms with Crippen LogP contribution in [0.25, 0.3) is 0 Å². The maximum atomic E-state index is 12.9. The molecule has 2 aliphatic heterocycles. The molecule has 2 aliphatic carbocycles. The Morgan fingerprint density at radius 2 is 1.50 bits per heavy atom. The van der Waals surface area contributed by atoms with Gasteiger partial charge in [0, 0.05) is 43.3 Å². The summed E-state index contributed by atoms with van der Waals surface area (Å²) >= 11 is 0. The predicted octanol–water partition coefficient (Wildman–Crippen LogP) is 3.74. The molecule has 0 bridgehead atoms. The molecule has 0 spiro atoms. The molecule has 158 valence electrons. The Labute approximate surface area is 177 Å². The average molecular weight is 408 g/mol. The van der Waals surface area contributed by atoms with Crippen molar-refractivity contribution < 1.29 is 19.1 Å². The van der Waals surface area contributed by atoms with E-state index in [1.807, 2.05) is 0 Å². The van der Waals surface area contributed by atoms with E-state index in [1.165, 1.54) is 4.90 Å². The topological polar surface area (TPSA) is 66.9 Å². The van der Waals surface area contributed by atoms with Gasteiger partial charge in [0.2, 0.25) is 0 Å². The van der Waals surface area contributed by atoms with Gasteiger partial charge in [-0.05, 0) is 42.4 Å². The Kier molecular flexibility index (Phi) is 4.83. The first-order valence-corrected chi connectivity index (χ1v) is 10.5. The summed E-state index contributed by atoms with van der Waals surface area (Å²) in [6.45, 7) is 10.6. The van der Waals surface area contributed by atoms with Gasteiger partial charge in [-0.15, -0.1) is 0 Å². The largest absolute Gasteiger partial charge is 0.466 e. The van der Waals surface area contributed by atoms with Gasteiger partial charge in [0.05, 0.1) is 5.57 Å². The van der Waals surface area contributed by atoms with Gasteiger partial charge in [0.25, 0.3) is 17.7 Å². The maximum Gasteiger partial charge on any atom is 0.261 e. The second kappa shape index (κ2) is 7.11. The number of hydrogen-bond donors (Lipinski definition) is 0. The number of hydrogen-bond acceptors (Lipinski definition) is 4. The van der Waals surface area contributed by atoms with Crippen LogP contribution in [0, 0.1) is 5.41 Å². The van der Waals surface area contributed by atoms with E-state index >= 15 is 0 Å². The van der Waals surface area contributed by atoms with E-state index in [0.717, 1.165) is 17.7 Å². The summed E-state index contributed by atoms with van der Waals surface area (Å²) in [4.78, 5) is 41.0. The normalized spacial score (nSPS) is 22.0. The van der Waals surface area contributed by atoms with Gasteiger partial charge in [0.1, 0.15) is 11.5 Å². The Hall–Kier alpha value is -2.89. The van der Waals surface area contributed by atoms with E-state index < -0.39 is 0 Å². The molecule has 0 fully saturated rings. The van der Waals surface area contributed by atoms with Gasteiger partial charge in [-0.25, -0.2) is 0 Å². The molecule has 4 aliphatic rings. The molecule has 0 aromatic carbocycles. The number of likely N-dealkylation sites (N-methyl/N-ethyl adjacent to an activating group) is 1. The molecule has 0 saturated heterocycles. The molecular weight excluding hydrogens is 380 g/mol. The van der Waals surface area contributed by atoms with Crippen LogP contribution in [0.15, 0.2) is 58.2 Å². The summed E-state index contributed by atoms with van der Waals surface area (Å²) in [5, 5.41) is 0. The summed E-state index contributed by atoms with van der Waals surface area (Å²) in [6.07, 6.45) is 6.81. The summed E-state index contributed by atoms with van der Waals surface area (Å²) in [5.74, 6) is 0.908. The molecule has 2 heterocycles. The van der Waals surface area contributed by atoms with Crippen molar-refractivity contribution in [3.63, 3.8) is 0 Å². The van der Waals surface area contributed by atoms with Gasteiger partial charge in [-0.1, -0.05) is 27.4 Å². The average Bonchev–Trinajstić information content (AvgIpc) is 3.08. The van der Waals surface area contributed by atoms with Crippen LogP contribution in [-0.4, -0.2) is 41.1 Å². The zero-order chi connectivity index (χ0) is 21.8. The lowest BCUT2D eigenvalue weighted by molar-refractivity contribution is -0.139. The van der Waals surface area contributed by atoms with Crippen LogP contribution < -0.4 is 0 Å². The van der Waals surface area contributed by atoms with Gasteiger partial charge in [-0.2, -0.15) is 0 Å². The maximum absolute atomic E-state index is 12.9. The molecular formula is C24H28N2O4. The lowest BCUT2D eigenvalue weighted by atomic mass is 9.89. The van der Waals surface area contributed by atoms with Gasteiger partial charge < -0.3 is 9.64 Å². The number of ether oxygens (including phenoxy) is 1. The first-order valence-electron chi connectivity index (χ1n) is 10.5. The minimum Gasteiger partial charge on any atom is -0.466 e. The third-order valence-corrected chi connectivity index (χ3v) is 6.58. The minimum atomic E-state index is -0.233. The van der Waals surface area contributed by atoms with E-state index in [-0.39, 0.29) is 23.1 Å². The lowest BCUT2D eigenvalue weighted by Gasteiger charge is -2.28. The van der Waals surface area contributed by atoms with Crippen LogP contribution >= 0.6 is 0 Å². The van der Waals surface area contributed by atoms with Gasteiger partial charge in [-0.3, -0.25) is 19.3 Å². The van der Waals surface area contributed by atoms with Crippen molar-refractivity contribution in [2.75, 3.05) is 13.6 Å². The Balaban J connectivity index is 1.53. The van der Waals surface area contributed by atoms with Crippen molar-refractivity contribution in [1.82, 2.24) is 9.80 Å². The van der Waals surface area contributed by atoms with Crippen molar-refractivity contribution in [1.29, 1.82) is 0 Å². The number of amides is 3. The fraction of sp³-hybridized carbons (Fsp3) is 0.458. The first-order chi connectivity index (χ1) is 14.1. The Morgan fingerprint density at radius 3 is 2.10 bits per heavy atom. The van der Waals surface area contributed by atoms with E-state index in [1.54, 1.807) is 24.1 Å². The number of carbonyl (C=O) groups is 3. The molecule has 30 heavy (non-hydrogen) atoms. The van der Waals surface area contributed by atoms with Crippen molar-refractivity contribution in [3.8, 4) is 0 Å². The van der Waals surface area contributed by atoms with E-state index in [2.05, 4.69) is 27.4 Å². The van der Waals surface area contributed by atoms with Crippen molar-refractivity contribution in [2.45, 2.75) is 52.9 Å². The zero-order valence-corrected chi connectivity index (χ0v) is 18.1. The molecule has 0 saturated carbocycles. The summed E-state index contributed by atoms with van der Waals surface area (Å²) in [6, 6.07) is 0. The van der Waals surface area contributed by atoms with Gasteiger partial charge >= 0.3 is 0 Å². The number of rotatable bonds is 5. The Bertz CT molecular complexity index is 1010. The number of nitrogens with zero attached hydrogens (tertiary/aromatic N) is 2. The number of carbonyl (C=O) groups excluding carboxylic acids is 3. The lowest BCUT2D eigenvalue weighted by Crippen LogP contribution is -2.39. The van der Waals surface area contributed by atoms with E-state index in [4.69, 9.17) is 4.74 Å². The molecule has 6 heteroatoms. The molecule has 0 aromatic rings. The standard InChI is InChI=1S/C24H28N2O4/c1-6-24(3,4)13-26-22(28)18-10-8-16(12-20(18)23(26)29)30-15-7-9-17-14(2)25(5)21(27)19(17)11-15/h11-12H,2,6-10,13H2,1,3-5H3. The van der Waals surface area contributed by atoms with Crippen LogP contribution in [0.1, 0.15) is 52.9 Å². The SMILES string of the molecule is C=C1C2=C(C=C(OC3=CC4=C(CC3)C(=O)N(CC(C)(C)CC)C4=O)CC2)C(=O)N1C. The smallest absolute Gasteiger partial charge is 0.261 e. The highest BCUT2D eigenvalue weighted by Crippen LogP contribution is 2.39. The van der Waals surface area contributed by atoms with Gasteiger partial charge in [0.15, 0.2) is 0 Å². The summed E-state index contributed by atoms with van der Waals surface area (Å²) in [5.41, 5.74) is 3.29. The van der Waals surface area contributed by atoms with Crippen LogP contribution in [-0.2, 0) is 19.1 Å². The van der Waals surface area contributed by atoms with E-state index in [0.29, 0.717) is 60.5 Å². The van der Waals surface area contributed by atoms with Crippen molar-refractivity contribution >= 4 is 17.7 Å². The molecule has 4 rings (SSSR count). The fourth-order valence-electron chi connectivity index (χ4n) is 4.23. The summed E-state index contributed by atoms with van der Waals surface area (Å²) < 4.78 is 6.08. The Morgan fingerprint density at radius 1 is 0.933 bits per heavy atom. The second-order valence-corrected chi connectivity index (χ2v) is 9.13. The predicted molar refractivity (Wildman–Crippen MR) is 112 cm³/mol. The highest BCUT2D eigenvalue weighted by Gasteiger charge is 2.41. The fourth-order valence-corrected chi connectivity index (χ4v) is 4.23. The molecule has 6 nitrogen and oxygen atoms in total. The van der Waals surface area contributed by atoms with E-state index in [9.17, 15) is 14.4 Å². The first kappa shape index (κ1) is 20.4. The number of imide groups is 1. The number of allylic oxidation sites excluding steroid dienone is 3. The van der Waals surface area contributed by atoms with Crippen LogP contribution in [0.5, 0.6) is 0 Å². The minimum absolute atomic E-state index is 0.0656. The molecule has 0 N–H and O–H groups in total.